The molecule has 8 nitrogen and oxygen atoms in total. The molecule has 0 radical (unpaired) electrons. The summed E-state index contributed by atoms with van der Waals surface area (Å²) >= 11 is 0. The van der Waals surface area contributed by atoms with E-state index in [1.54, 1.807) is 0 Å². The molecule has 6 N–H and O–H groups in total. The molecule has 156 valence electrons. The quantitative estimate of drug-likeness (QED) is 0.431. The van der Waals surface area contributed by atoms with E-state index in [0.29, 0.717) is 18.9 Å². The molecular formula is C21H32N8. The Balaban J connectivity index is 2.08. The summed E-state index contributed by atoms with van der Waals surface area (Å²) in [6.45, 7) is 11.7. The maximum absolute atomic E-state index is 6.10. The molecule has 8 heteroatoms. The fourth-order valence-corrected chi connectivity index (χ4v) is 3.30. The lowest BCUT2D eigenvalue weighted by molar-refractivity contribution is 0.590. The first-order valence-corrected chi connectivity index (χ1v) is 10.1. The number of para-hydroxylation sites is 1. The van der Waals surface area contributed by atoms with Gasteiger partial charge >= 0.3 is 0 Å². The number of nitrogen functional groups attached to an aromatic ring is 1. The van der Waals surface area contributed by atoms with Crippen LogP contribution in [0.15, 0.2) is 24.3 Å². The normalized spacial score (nSPS) is 12.7. The average molecular weight is 397 g/mol. The van der Waals surface area contributed by atoms with Gasteiger partial charge in [0.2, 0.25) is 5.95 Å². The van der Waals surface area contributed by atoms with Crippen LogP contribution in [0, 0.1) is 0 Å². The highest BCUT2D eigenvalue weighted by atomic mass is 15.3. The van der Waals surface area contributed by atoms with Crippen LogP contribution < -0.4 is 22.1 Å². The summed E-state index contributed by atoms with van der Waals surface area (Å²) in [4.78, 5) is 4.85. The van der Waals surface area contributed by atoms with E-state index in [0.717, 1.165) is 34.3 Å². The Bertz CT molecular complexity index is 929. The summed E-state index contributed by atoms with van der Waals surface area (Å²) in [5.74, 6) is 1.68. The van der Waals surface area contributed by atoms with Crippen molar-refractivity contribution in [1.82, 2.24) is 19.7 Å². The third kappa shape index (κ3) is 4.42. The van der Waals surface area contributed by atoms with Gasteiger partial charge in [0.25, 0.3) is 0 Å². The fraction of sp³-hybridized carbons (Fsp3) is 0.476. The molecular weight excluding hydrogens is 364 g/mol. The topological polar surface area (TPSA) is 120 Å². The van der Waals surface area contributed by atoms with Crippen molar-refractivity contribution in [3.63, 3.8) is 0 Å². The van der Waals surface area contributed by atoms with Gasteiger partial charge in [0, 0.05) is 30.9 Å². The van der Waals surface area contributed by atoms with Crippen molar-refractivity contribution in [2.75, 3.05) is 22.9 Å². The summed E-state index contributed by atoms with van der Waals surface area (Å²) in [5, 5.41) is 15.8. The predicted molar refractivity (Wildman–Crippen MR) is 119 cm³/mol. The highest BCUT2D eigenvalue weighted by molar-refractivity contribution is 5.75. The van der Waals surface area contributed by atoms with Crippen LogP contribution in [0.5, 0.6) is 0 Å². The van der Waals surface area contributed by atoms with Gasteiger partial charge < -0.3 is 26.7 Å². The Morgan fingerprint density at radius 1 is 1.03 bits per heavy atom. The number of aromatic nitrogens is 4. The van der Waals surface area contributed by atoms with E-state index < -0.39 is 0 Å². The van der Waals surface area contributed by atoms with Crippen LogP contribution in [0.3, 0.4) is 0 Å². The molecule has 0 aliphatic carbocycles. The van der Waals surface area contributed by atoms with E-state index in [2.05, 4.69) is 53.1 Å². The van der Waals surface area contributed by atoms with Crippen molar-refractivity contribution in [3.8, 4) is 11.4 Å². The monoisotopic (exact) mass is 396 g/mol. The summed E-state index contributed by atoms with van der Waals surface area (Å²) in [5.41, 5.74) is 16.6. The molecule has 1 unspecified atom stereocenters. The largest absolute Gasteiger partial charge is 0.398 e. The van der Waals surface area contributed by atoms with Gasteiger partial charge in [0.15, 0.2) is 11.5 Å². The van der Waals surface area contributed by atoms with Gasteiger partial charge in [-0.1, -0.05) is 32.0 Å². The second-order valence-corrected chi connectivity index (χ2v) is 8.10. The van der Waals surface area contributed by atoms with Crippen LogP contribution in [0.4, 0.5) is 17.5 Å². The lowest BCUT2D eigenvalue weighted by Crippen LogP contribution is -2.28. The number of nitrogens with two attached hydrogens (primary N) is 2. The van der Waals surface area contributed by atoms with Gasteiger partial charge in [-0.3, -0.25) is 0 Å². The van der Waals surface area contributed by atoms with Crippen LogP contribution in [-0.2, 0) is 6.54 Å². The number of nitrogens with one attached hydrogen (secondary N) is 2. The molecule has 1 aromatic carbocycles. The van der Waals surface area contributed by atoms with E-state index >= 15 is 0 Å². The highest BCUT2D eigenvalue weighted by Crippen LogP contribution is 2.37. The highest BCUT2D eigenvalue weighted by Gasteiger charge is 2.27. The van der Waals surface area contributed by atoms with Gasteiger partial charge in [-0.05, 0) is 38.3 Å². The zero-order valence-electron chi connectivity index (χ0n) is 17.9. The van der Waals surface area contributed by atoms with Crippen molar-refractivity contribution in [2.45, 2.75) is 59.2 Å². The van der Waals surface area contributed by atoms with Crippen LogP contribution in [0.2, 0.25) is 0 Å². The summed E-state index contributed by atoms with van der Waals surface area (Å²) < 4.78 is 2.16. The average Bonchev–Trinajstić information content (AvgIpc) is 3.10. The second kappa shape index (κ2) is 8.65. The van der Waals surface area contributed by atoms with E-state index in [1.807, 2.05) is 31.2 Å². The number of fused-ring (bicyclic) bond motifs is 1. The standard InChI is InChI=1S/C21H32N8/c1-12(2)17-19-18(28-27-17)20(24-11-15-8-6-7-9-16(15)23)26-21(25-10-14(5)22)29(19)13(3)4/h6-9,12-14,24H,10-11,22-23H2,1-5H3,(H,25,26). The zero-order valence-corrected chi connectivity index (χ0v) is 17.9. The van der Waals surface area contributed by atoms with Crippen LogP contribution in [-0.4, -0.2) is 32.3 Å². The lowest BCUT2D eigenvalue weighted by Gasteiger charge is -2.25. The van der Waals surface area contributed by atoms with Crippen LogP contribution in [0.25, 0.3) is 11.4 Å². The van der Waals surface area contributed by atoms with Crippen molar-refractivity contribution in [1.29, 1.82) is 0 Å². The molecule has 29 heavy (non-hydrogen) atoms. The van der Waals surface area contributed by atoms with Gasteiger partial charge in [-0.25, -0.2) is 0 Å². The Hall–Kier alpha value is -2.87. The summed E-state index contributed by atoms with van der Waals surface area (Å²) in [7, 11) is 0. The minimum atomic E-state index is 0.00844. The first kappa shape index (κ1) is 20.9. The van der Waals surface area contributed by atoms with Crippen LogP contribution >= 0.6 is 0 Å². The van der Waals surface area contributed by atoms with E-state index in [9.17, 15) is 0 Å². The Morgan fingerprint density at radius 3 is 2.38 bits per heavy atom. The molecule has 3 rings (SSSR count). The molecule has 0 saturated heterocycles. The number of hydrogen-bond acceptors (Lipinski definition) is 7. The number of anilines is 3. The van der Waals surface area contributed by atoms with E-state index in [1.165, 1.54) is 0 Å². The molecule has 2 heterocycles. The van der Waals surface area contributed by atoms with Crippen LogP contribution in [0.1, 0.15) is 57.8 Å². The second-order valence-electron chi connectivity index (χ2n) is 8.10. The Morgan fingerprint density at radius 2 is 1.76 bits per heavy atom. The smallest absolute Gasteiger partial charge is 0.205 e. The van der Waals surface area contributed by atoms with Gasteiger partial charge in [0.1, 0.15) is 0 Å². The molecule has 2 aliphatic rings. The number of nitrogens with zero attached hydrogens (tertiary/aromatic N) is 4. The maximum Gasteiger partial charge on any atom is 0.205 e. The van der Waals surface area contributed by atoms with Crippen molar-refractivity contribution in [3.05, 3.63) is 35.5 Å². The minimum Gasteiger partial charge on any atom is -0.398 e. The summed E-state index contributed by atoms with van der Waals surface area (Å²) in [6, 6.07) is 7.99. The number of hydrogen-bond donors (Lipinski definition) is 4. The molecule has 1 atom stereocenters. The molecule has 0 spiro atoms. The third-order valence-corrected chi connectivity index (χ3v) is 4.78. The van der Waals surface area contributed by atoms with Crippen molar-refractivity contribution >= 4 is 17.5 Å². The van der Waals surface area contributed by atoms with Crippen molar-refractivity contribution < 1.29 is 0 Å². The zero-order chi connectivity index (χ0) is 21.1. The van der Waals surface area contributed by atoms with Gasteiger partial charge in [0.05, 0.1) is 11.4 Å². The number of rotatable bonds is 8. The Kier molecular flexibility index (Phi) is 6.22. The molecule has 0 amide bonds. The molecule has 1 aromatic rings. The molecule has 0 fully saturated rings. The van der Waals surface area contributed by atoms with Crippen molar-refractivity contribution in [2.24, 2.45) is 5.73 Å². The molecule has 0 bridgehead atoms. The minimum absolute atomic E-state index is 0.00844. The fourth-order valence-electron chi connectivity index (χ4n) is 3.30. The van der Waals surface area contributed by atoms with E-state index in [-0.39, 0.29) is 18.0 Å². The molecule has 2 aliphatic heterocycles. The first-order valence-electron chi connectivity index (χ1n) is 10.1. The lowest BCUT2D eigenvalue weighted by atomic mass is 10.1. The van der Waals surface area contributed by atoms with E-state index in [4.69, 9.17) is 16.5 Å². The third-order valence-electron chi connectivity index (χ3n) is 4.78. The molecule has 0 aromatic heterocycles. The SMILES string of the molecule is CC(N)CNc1nc(NCc2ccccc2N)c2nnc(C(C)C)c-2n1C(C)C. The van der Waals surface area contributed by atoms with Gasteiger partial charge in [-0.2, -0.15) is 10.1 Å². The number of benzene rings is 1. The maximum atomic E-state index is 6.10. The predicted octanol–water partition coefficient (Wildman–Crippen LogP) is 3.44. The first-order chi connectivity index (χ1) is 13.8. The summed E-state index contributed by atoms with van der Waals surface area (Å²) in [6.07, 6.45) is 0. The molecule has 0 saturated carbocycles. The van der Waals surface area contributed by atoms with Gasteiger partial charge in [-0.15, -0.1) is 5.10 Å². The Labute approximate surface area is 172 Å².